The second-order valence-corrected chi connectivity index (χ2v) is 6.70. The van der Waals surface area contributed by atoms with E-state index in [0.717, 1.165) is 25.0 Å². The average molecular weight is 403 g/mol. The van der Waals surface area contributed by atoms with E-state index in [-0.39, 0.29) is 11.6 Å². The minimum Gasteiger partial charge on any atom is -0.446 e. The minimum absolute atomic E-state index is 0.0154. The lowest BCUT2D eigenvalue weighted by Crippen LogP contribution is -2.46. The van der Waals surface area contributed by atoms with Gasteiger partial charge in [0.1, 0.15) is 12.3 Å². The third-order valence-corrected chi connectivity index (χ3v) is 4.46. The van der Waals surface area contributed by atoms with Crippen molar-refractivity contribution in [2.75, 3.05) is 43.1 Å². The van der Waals surface area contributed by atoms with Gasteiger partial charge in [-0.2, -0.15) is 0 Å². The van der Waals surface area contributed by atoms with Crippen molar-refractivity contribution in [1.29, 1.82) is 0 Å². The molecule has 1 aliphatic heterocycles. The molecule has 0 unspecified atom stereocenters. The Hall–Kier alpha value is -2.95. The summed E-state index contributed by atoms with van der Waals surface area (Å²) in [7, 11) is 0. The molecule has 1 aliphatic rings. The lowest BCUT2D eigenvalue weighted by molar-refractivity contribution is -0.118. The van der Waals surface area contributed by atoms with E-state index in [1.807, 2.05) is 12.1 Å². The maximum Gasteiger partial charge on any atom is 0.273 e. The molecular weight excluding hydrogens is 378 g/mol. The van der Waals surface area contributed by atoms with E-state index in [9.17, 15) is 14.7 Å². The summed E-state index contributed by atoms with van der Waals surface area (Å²) in [5.41, 5.74) is 7.22. The number of aliphatic hydroxyl groups is 1. The van der Waals surface area contributed by atoms with Crippen molar-refractivity contribution in [3.63, 3.8) is 0 Å². The molecule has 1 saturated heterocycles. The Morgan fingerprint density at radius 2 is 1.97 bits per heavy atom. The van der Waals surface area contributed by atoms with Crippen molar-refractivity contribution in [3.8, 4) is 0 Å². The molecule has 29 heavy (non-hydrogen) atoms. The number of nitrogens with one attached hydrogen (secondary N) is 2. The lowest BCUT2D eigenvalue weighted by Gasteiger charge is -2.29. The normalized spacial score (nSPS) is 16.2. The van der Waals surface area contributed by atoms with E-state index < -0.39 is 30.5 Å². The number of nitrogens with two attached hydrogens (primary N) is 1. The number of nitrogens with zero attached hydrogens (tertiary/aromatic N) is 2. The molecule has 0 saturated carbocycles. The molecule has 2 heterocycles. The summed E-state index contributed by atoms with van der Waals surface area (Å²) in [4.78, 5) is 30.8. The fourth-order valence-electron chi connectivity index (χ4n) is 2.83. The summed E-state index contributed by atoms with van der Waals surface area (Å²) in [5, 5.41) is 14.6. The number of aromatic nitrogens is 1. The van der Waals surface area contributed by atoms with Crippen molar-refractivity contribution in [1.82, 2.24) is 10.3 Å². The predicted molar refractivity (Wildman–Crippen MR) is 106 cm³/mol. The molecule has 2 atom stereocenters. The van der Waals surface area contributed by atoms with Gasteiger partial charge in [-0.1, -0.05) is 0 Å². The third kappa shape index (κ3) is 5.31. The van der Waals surface area contributed by atoms with Crippen molar-refractivity contribution in [3.05, 3.63) is 42.1 Å². The van der Waals surface area contributed by atoms with Gasteiger partial charge in [-0.15, -0.1) is 0 Å². The number of amides is 2. The highest BCUT2D eigenvalue weighted by molar-refractivity contribution is 6.00. The van der Waals surface area contributed by atoms with Gasteiger partial charge in [-0.3, -0.25) is 9.59 Å². The number of ether oxygens (including phenoxy) is 1. The standard InChI is InChI=1S/C19H25N5O5/c1-12(20)19-23-16(11-29-19)18(27)22-15(10-25)17(26)21-13-2-4-14(5-3-13)24-6-8-28-9-7-24/h2-5,11-12,15,25H,6-10,20H2,1H3,(H,21,26)(H,22,27)/t12-,15+/m0/s1. The number of carbonyl (C=O) groups excluding carboxylic acids is 2. The SMILES string of the molecule is C[C@H](N)c1nc(C(=O)N[C@H](CO)C(=O)Nc2ccc(N3CCOCC3)cc2)co1. The number of benzene rings is 1. The van der Waals surface area contributed by atoms with Gasteiger partial charge < -0.3 is 35.5 Å². The van der Waals surface area contributed by atoms with Crippen molar-refractivity contribution in [2.24, 2.45) is 5.73 Å². The molecule has 0 spiro atoms. The smallest absolute Gasteiger partial charge is 0.273 e. The van der Waals surface area contributed by atoms with Gasteiger partial charge in [0.15, 0.2) is 5.69 Å². The number of rotatable bonds is 7. The van der Waals surface area contributed by atoms with Gasteiger partial charge in [-0.25, -0.2) is 4.98 Å². The van der Waals surface area contributed by atoms with Crippen LogP contribution in [0.5, 0.6) is 0 Å². The first-order chi connectivity index (χ1) is 14.0. The highest BCUT2D eigenvalue weighted by Crippen LogP contribution is 2.19. The fraction of sp³-hybridized carbons (Fsp3) is 0.421. The number of oxazole rings is 1. The highest BCUT2D eigenvalue weighted by atomic mass is 16.5. The molecule has 1 aromatic carbocycles. The van der Waals surface area contributed by atoms with Gasteiger partial charge in [0, 0.05) is 24.5 Å². The first-order valence-electron chi connectivity index (χ1n) is 9.34. The van der Waals surface area contributed by atoms with Crippen LogP contribution in [0.3, 0.4) is 0 Å². The molecule has 2 aromatic rings. The second-order valence-electron chi connectivity index (χ2n) is 6.70. The number of aliphatic hydroxyl groups excluding tert-OH is 1. The minimum atomic E-state index is -1.14. The van der Waals surface area contributed by atoms with Crippen LogP contribution >= 0.6 is 0 Å². The summed E-state index contributed by atoms with van der Waals surface area (Å²) < 4.78 is 10.4. The van der Waals surface area contributed by atoms with E-state index >= 15 is 0 Å². The highest BCUT2D eigenvalue weighted by Gasteiger charge is 2.23. The lowest BCUT2D eigenvalue weighted by atomic mass is 10.2. The zero-order chi connectivity index (χ0) is 20.8. The Morgan fingerprint density at radius 3 is 2.55 bits per heavy atom. The van der Waals surface area contributed by atoms with Crippen LogP contribution in [0, 0.1) is 0 Å². The first-order valence-corrected chi connectivity index (χ1v) is 9.34. The van der Waals surface area contributed by atoms with Crippen LogP contribution in [0.1, 0.15) is 29.3 Å². The monoisotopic (exact) mass is 403 g/mol. The number of anilines is 2. The second kappa shape index (κ2) is 9.50. The van der Waals surface area contributed by atoms with E-state index in [1.165, 1.54) is 0 Å². The zero-order valence-electron chi connectivity index (χ0n) is 16.1. The van der Waals surface area contributed by atoms with Gasteiger partial charge in [0.05, 0.1) is 25.9 Å². The first kappa shape index (κ1) is 20.8. The molecule has 1 fully saturated rings. The molecule has 156 valence electrons. The quantitative estimate of drug-likeness (QED) is 0.516. The van der Waals surface area contributed by atoms with Crippen LogP contribution in [0.15, 0.2) is 34.9 Å². The van der Waals surface area contributed by atoms with Crippen molar-refractivity contribution in [2.45, 2.75) is 19.0 Å². The molecule has 3 rings (SSSR count). The summed E-state index contributed by atoms with van der Waals surface area (Å²) in [6, 6.07) is 5.74. The van der Waals surface area contributed by atoms with Gasteiger partial charge >= 0.3 is 0 Å². The van der Waals surface area contributed by atoms with Crippen LogP contribution in [0.4, 0.5) is 11.4 Å². The average Bonchev–Trinajstić information content (AvgIpc) is 3.24. The molecule has 2 amide bonds. The van der Waals surface area contributed by atoms with E-state index in [0.29, 0.717) is 18.9 Å². The van der Waals surface area contributed by atoms with Crippen molar-refractivity contribution < 1.29 is 23.8 Å². The Bertz CT molecular complexity index is 830. The van der Waals surface area contributed by atoms with Crippen LogP contribution < -0.4 is 21.3 Å². The Labute approximate surface area is 168 Å². The summed E-state index contributed by atoms with van der Waals surface area (Å²) in [6.07, 6.45) is 1.16. The molecule has 0 aliphatic carbocycles. The van der Waals surface area contributed by atoms with Gasteiger partial charge in [0.25, 0.3) is 5.91 Å². The Morgan fingerprint density at radius 1 is 1.28 bits per heavy atom. The molecule has 10 heteroatoms. The maximum atomic E-state index is 12.4. The van der Waals surface area contributed by atoms with E-state index in [2.05, 4.69) is 20.5 Å². The summed E-state index contributed by atoms with van der Waals surface area (Å²) >= 11 is 0. The fourth-order valence-corrected chi connectivity index (χ4v) is 2.83. The Balaban J connectivity index is 1.58. The van der Waals surface area contributed by atoms with Crippen molar-refractivity contribution >= 4 is 23.2 Å². The number of morpholine rings is 1. The molecule has 0 radical (unpaired) electrons. The molecule has 1 aromatic heterocycles. The molecule has 10 nitrogen and oxygen atoms in total. The van der Waals surface area contributed by atoms with Gasteiger partial charge in [0.2, 0.25) is 11.8 Å². The van der Waals surface area contributed by atoms with Crippen LogP contribution in [-0.2, 0) is 9.53 Å². The maximum absolute atomic E-state index is 12.4. The largest absolute Gasteiger partial charge is 0.446 e. The topological polar surface area (TPSA) is 143 Å². The van der Waals surface area contributed by atoms with Crippen LogP contribution in [0.25, 0.3) is 0 Å². The number of carbonyl (C=O) groups is 2. The Kier molecular flexibility index (Phi) is 6.81. The number of hydrogen-bond acceptors (Lipinski definition) is 8. The molecule has 0 bridgehead atoms. The summed E-state index contributed by atoms with van der Waals surface area (Å²) in [5.74, 6) is -0.978. The third-order valence-electron chi connectivity index (χ3n) is 4.46. The van der Waals surface area contributed by atoms with Crippen LogP contribution in [-0.4, -0.2) is 60.9 Å². The zero-order valence-corrected chi connectivity index (χ0v) is 16.1. The number of hydrogen-bond donors (Lipinski definition) is 4. The molecule has 5 N–H and O–H groups in total. The van der Waals surface area contributed by atoms with E-state index in [1.54, 1.807) is 19.1 Å². The molecular formula is C19H25N5O5. The van der Waals surface area contributed by atoms with Crippen LogP contribution in [0.2, 0.25) is 0 Å². The summed E-state index contributed by atoms with van der Waals surface area (Å²) in [6.45, 7) is 4.11. The van der Waals surface area contributed by atoms with E-state index in [4.69, 9.17) is 14.9 Å². The van der Waals surface area contributed by atoms with Gasteiger partial charge in [-0.05, 0) is 31.2 Å². The predicted octanol–water partition coefficient (Wildman–Crippen LogP) is 0.260.